The lowest BCUT2D eigenvalue weighted by Gasteiger charge is -2.23. The van der Waals surface area contributed by atoms with Gasteiger partial charge in [-0.05, 0) is 13.8 Å². The molecule has 1 rings (SSSR count). The van der Waals surface area contributed by atoms with E-state index >= 15 is 0 Å². The van der Waals surface area contributed by atoms with Crippen LogP contribution in [0.1, 0.15) is 19.4 Å². The van der Waals surface area contributed by atoms with E-state index in [1.54, 1.807) is 31.0 Å². The number of nitrogens with one attached hydrogen (secondary N) is 2. The maximum atomic E-state index is 10.3. The normalized spacial score (nSPS) is 15.5. The Morgan fingerprint density at radius 2 is 2.29 bits per heavy atom. The fraction of sp³-hybridized carbons (Fsp3) is 0.636. The van der Waals surface area contributed by atoms with Crippen molar-refractivity contribution in [2.24, 2.45) is 12.0 Å². The van der Waals surface area contributed by atoms with E-state index in [1.807, 2.05) is 14.0 Å². The molecule has 1 unspecified atom stereocenters. The predicted molar refractivity (Wildman–Crippen MR) is 67.8 cm³/mol. The van der Waals surface area contributed by atoms with E-state index in [4.69, 9.17) is 0 Å². The average molecular weight is 239 g/mol. The van der Waals surface area contributed by atoms with Crippen LogP contribution < -0.4 is 10.6 Å². The van der Waals surface area contributed by atoms with Gasteiger partial charge in [-0.2, -0.15) is 5.10 Å². The first kappa shape index (κ1) is 13.5. The Labute approximate surface area is 102 Å². The van der Waals surface area contributed by atoms with E-state index in [1.165, 1.54) is 0 Å². The summed E-state index contributed by atoms with van der Waals surface area (Å²) in [5.74, 6) is 0.677. The van der Waals surface area contributed by atoms with Gasteiger partial charge in [-0.3, -0.25) is 9.67 Å². The monoisotopic (exact) mass is 239 g/mol. The Kier molecular flexibility index (Phi) is 4.51. The molecule has 0 amide bonds. The number of aromatic nitrogens is 2. The summed E-state index contributed by atoms with van der Waals surface area (Å²) in [7, 11) is 3.52. The van der Waals surface area contributed by atoms with Gasteiger partial charge in [0.25, 0.3) is 0 Å². The minimum Gasteiger partial charge on any atom is -0.383 e. The van der Waals surface area contributed by atoms with Crippen LogP contribution in [0.2, 0.25) is 0 Å². The second-order valence-corrected chi connectivity index (χ2v) is 4.13. The summed E-state index contributed by atoms with van der Waals surface area (Å²) in [5, 5.41) is 20.5. The Morgan fingerprint density at radius 3 is 2.76 bits per heavy atom. The van der Waals surface area contributed by atoms with Crippen LogP contribution in [0.3, 0.4) is 0 Å². The molecule has 3 N–H and O–H groups in total. The highest BCUT2D eigenvalue weighted by Crippen LogP contribution is 2.18. The van der Waals surface area contributed by atoms with Gasteiger partial charge in [0.1, 0.15) is 5.60 Å². The molecule has 0 aliphatic heterocycles. The maximum Gasteiger partial charge on any atom is 0.191 e. The lowest BCUT2D eigenvalue weighted by atomic mass is 10.00. The van der Waals surface area contributed by atoms with Gasteiger partial charge >= 0.3 is 0 Å². The third kappa shape index (κ3) is 3.74. The van der Waals surface area contributed by atoms with E-state index in [0.29, 0.717) is 12.5 Å². The minimum absolute atomic E-state index is 0.373. The molecule has 0 aromatic carbocycles. The van der Waals surface area contributed by atoms with Gasteiger partial charge < -0.3 is 15.7 Å². The largest absolute Gasteiger partial charge is 0.383 e. The van der Waals surface area contributed by atoms with E-state index < -0.39 is 5.60 Å². The van der Waals surface area contributed by atoms with Crippen molar-refractivity contribution in [3.8, 4) is 0 Å². The fourth-order valence-corrected chi connectivity index (χ4v) is 1.45. The molecular formula is C11H21N5O. The van der Waals surface area contributed by atoms with Crippen molar-refractivity contribution >= 4 is 5.96 Å². The van der Waals surface area contributed by atoms with E-state index in [0.717, 1.165) is 12.1 Å². The van der Waals surface area contributed by atoms with Crippen LogP contribution in [-0.2, 0) is 12.6 Å². The van der Waals surface area contributed by atoms with Gasteiger partial charge in [-0.15, -0.1) is 0 Å². The van der Waals surface area contributed by atoms with Crippen molar-refractivity contribution in [3.05, 3.63) is 18.0 Å². The summed E-state index contributed by atoms with van der Waals surface area (Å²) >= 11 is 0. The number of hydrogen-bond donors (Lipinski definition) is 3. The van der Waals surface area contributed by atoms with Crippen molar-refractivity contribution in [1.29, 1.82) is 0 Å². The lowest BCUT2D eigenvalue weighted by molar-refractivity contribution is 0.0616. The Morgan fingerprint density at radius 1 is 1.59 bits per heavy atom. The highest BCUT2D eigenvalue weighted by Gasteiger charge is 2.24. The Bertz CT molecular complexity index is 383. The number of nitrogens with zero attached hydrogens (tertiary/aromatic N) is 3. The van der Waals surface area contributed by atoms with Crippen molar-refractivity contribution in [2.75, 3.05) is 20.1 Å². The third-order valence-corrected chi connectivity index (χ3v) is 2.49. The molecule has 0 saturated carbocycles. The van der Waals surface area contributed by atoms with E-state index in [-0.39, 0.29) is 0 Å². The highest BCUT2D eigenvalue weighted by molar-refractivity contribution is 5.79. The van der Waals surface area contributed by atoms with Gasteiger partial charge in [0.2, 0.25) is 0 Å². The first-order valence-electron chi connectivity index (χ1n) is 5.65. The van der Waals surface area contributed by atoms with Crippen LogP contribution in [-0.4, -0.2) is 41.0 Å². The maximum absolute atomic E-state index is 10.3. The topological polar surface area (TPSA) is 74.5 Å². The van der Waals surface area contributed by atoms with E-state index in [2.05, 4.69) is 20.7 Å². The molecule has 6 nitrogen and oxygen atoms in total. The molecule has 6 heteroatoms. The molecule has 1 heterocycles. The molecule has 0 aliphatic rings. The zero-order chi connectivity index (χ0) is 12.9. The molecular weight excluding hydrogens is 218 g/mol. The van der Waals surface area contributed by atoms with Crippen LogP contribution in [0.15, 0.2) is 17.4 Å². The molecule has 0 fully saturated rings. The molecule has 1 atom stereocenters. The lowest BCUT2D eigenvalue weighted by Crippen LogP contribution is -2.44. The minimum atomic E-state index is -0.973. The molecule has 96 valence electrons. The molecule has 0 spiro atoms. The summed E-state index contributed by atoms with van der Waals surface area (Å²) in [6.07, 6.45) is 3.47. The standard InChI is InChI=1S/C11H21N5O/c1-5-13-10(12-3)14-8-11(2,17)9-6-15-16(4)7-9/h6-7,17H,5,8H2,1-4H3,(H2,12,13,14). The molecule has 0 radical (unpaired) electrons. The number of hydrogen-bond acceptors (Lipinski definition) is 3. The molecule has 17 heavy (non-hydrogen) atoms. The molecule has 0 aliphatic carbocycles. The summed E-state index contributed by atoms with van der Waals surface area (Å²) in [6.45, 7) is 4.90. The van der Waals surface area contributed by atoms with Gasteiger partial charge in [0, 0.05) is 32.4 Å². The van der Waals surface area contributed by atoms with Crippen LogP contribution in [0.25, 0.3) is 0 Å². The number of aliphatic hydroxyl groups is 1. The van der Waals surface area contributed by atoms with E-state index in [9.17, 15) is 5.11 Å². The summed E-state index contributed by atoms with van der Waals surface area (Å²) in [6, 6.07) is 0. The molecule has 0 bridgehead atoms. The quantitative estimate of drug-likeness (QED) is 0.503. The zero-order valence-electron chi connectivity index (χ0n) is 10.9. The van der Waals surface area contributed by atoms with Crippen LogP contribution in [0.5, 0.6) is 0 Å². The van der Waals surface area contributed by atoms with Gasteiger partial charge in [-0.25, -0.2) is 0 Å². The predicted octanol–water partition coefficient (Wildman–Crippen LogP) is -0.187. The second-order valence-electron chi connectivity index (χ2n) is 4.13. The van der Waals surface area contributed by atoms with Crippen molar-refractivity contribution in [2.45, 2.75) is 19.4 Å². The Balaban J connectivity index is 2.61. The highest BCUT2D eigenvalue weighted by atomic mass is 16.3. The van der Waals surface area contributed by atoms with Gasteiger partial charge in [0.15, 0.2) is 5.96 Å². The smallest absolute Gasteiger partial charge is 0.191 e. The number of aliphatic imine (C=N–C) groups is 1. The summed E-state index contributed by atoms with van der Waals surface area (Å²) in [5.41, 5.74) is -0.195. The number of aryl methyl sites for hydroxylation is 1. The summed E-state index contributed by atoms with van der Waals surface area (Å²) in [4.78, 5) is 4.04. The van der Waals surface area contributed by atoms with Crippen molar-refractivity contribution in [3.63, 3.8) is 0 Å². The second kappa shape index (κ2) is 5.67. The number of guanidine groups is 1. The van der Waals surface area contributed by atoms with Crippen molar-refractivity contribution < 1.29 is 5.11 Å². The molecule has 0 saturated heterocycles. The van der Waals surface area contributed by atoms with Crippen LogP contribution in [0, 0.1) is 0 Å². The SMILES string of the molecule is CCNC(=NC)NCC(C)(O)c1cnn(C)c1. The average Bonchev–Trinajstić information content (AvgIpc) is 2.72. The first-order valence-corrected chi connectivity index (χ1v) is 5.65. The molecule has 1 aromatic rings. The molecule has 1 aromatic heterocycles. The number of rotatable bonds is 4. The zero-order valence-corrected chi connectivity index (χ0v) is 10.9. The Hall–Kier alpha value is -1.56. The van der Waals surface area contributed by atoms with Crippen LogP contribution >= 0.6 is 0 Å². The van der Waals surface area contributed by atoms with Gasteiger partial charge in [-0.1, -0.05) is 0 Å². The van der Waals surface area contributed by atoms with Crippen LogP contribution in [0.4, 0.5) is 0 Å². The fourth-order valence-electron chi connectivity index (χ4n) is 1.45. The summed E-state index contributed by atoms with van der Waals surface area (Å²) < 4.78 is 1.67. The van der Waals surface area contributed by atoms with Crippen molar-refractivity contribution in [1.82, 2.24) is 20.4 Å². The first-order chi connectivity index (χ1) is 7.99. The third-order valence-electron chi connectivity index (χ3n) is 2.49. The van der Waals surface area contributed by atoms with Gasteiger partial charge in [0.05, 0.1) is 12.7 Å².